The van der Waals surface area contributed by atoms with E-state index in [1.54, 1.807) is 18.5 Å². The first-order chi connectivity index (χ1) is 11.6. The van der Waals surface area contributed by atoms with E-state index in [9.17, 15) is 14.7 Å². The molecule has 0 bridgehead atoms. The van der Waals surface area contributed by atoms with Crippen molar-refractivity contribution in [2.24, 2.45) is 0 Å². The number of thiazole rings is 1. The van der Waals surface area contributed by atoms with Crippen molar-refractivity contribution >= 4 is 22.2 Å². The molecule has 2 unspecified atom stereocenters. The Morgan fingerprint density at radius 3 is 2.88 bits per heavy atom. The molecule has 1 aromatic carbocycles. The van der Waals surface area contributed by atoms with Gasteiger partial charge in [-0.15, -0.1) is 11.3 Å². The second kappa shape index (κ2) is 6.94. The van der Waals surface area contributed by atoms with Crippen molar-refractivity contribution in [1.29, 1.82) is 0 Å². The molecular formula is C17H17N3O3S. The molecular weight excluding hydrogens is 326 g/mol. The summed E-state index contributed by atoms with van der Waals surface area (Å²) >= 11 is 1.32. The van der Waals surface area contributed by atoms with Crippen LogP contribution in [0.1, 0.15) is 22.8 Å². The lowest BCUT2D eigenvalue weighted by Gasteiger charge is -2.20. The lowest BCUT2D eigenvalue weighted by molar-refractivity contribution is 0.0850. The van der Waals surface area contributed by atoms with Gasteiger partial charge in [0.1, 0.15) is 5.56 Å². The van der Waals surface area contributed by atoms with Crippen LogP contribution in [-0.4, -0.2) is 32.5 Å². The molecule has 2 aromatic heterocycles. The van der Waals surface area contributed by atoms with Gasteiger partial charge >= 0.3 is 0 Å². The fraction of sp³-hybridized carbons (Fsp3) is 0.235. The molecule has 0 aliphatic carbocycles. The van der Waals surface area contributed by atoms with Crippen molar-refractivity contribution in [2.45, 2.75) is 25.5 Å². The van der Waals surface area contributed by atoms with Gasteiger partial charge in [0.25, 0.3) is 11.5 Å². The number of carbonyl (C=O) groups excluding carboxylic acids is 1. The summed E-state index contributed by atoms with van der Waals surface area (Å²) in [6, 6.07) is 9.03. The Bertz CT molecular complexity index is 904. The molecule has 1 amide bonds. The minimum absolute atomic E-state index is 0.0374. The molecule has 2 N–H and O–H groups in total. The van der Waals surface area contributed by atoms with Gasteiger partial charge in [-0.2, -0.15) is 0 Å². The van der Waals surface area contributed by atoms with Gasteiger partial charge in [0.2, 0.25) is 0 Å². The van der Waals surface area contributed by atoms with Crippen molar-refractivity contribution < 1.29 is 9.90 Å². The standard InChI is InChI=1S/C17H17N3O3S/c1-11(14(21)9-12-5-3-2-4-6-12)19-15(22)13-10-18-17-20(16(13)23)7-8-24-17/h2-8,10-11,14,21H,9H2,1H3,(H,19,22). The van der Waals surface area contributed by atoms with Crippen LogP contribution in [0, 0.1) is 0 Å². The van der Waals surface area contributed by atoms with Gasteiger partial charge in [0, 0.05) is 24.2 Å². The SMILES string of the molecule is CC(NC(=O)c1cnc2sccn2c1=O)C(O)Cc1ccccc1. The maximum atomic E-state index is 12.3. The highest BCUT2D eigenvalue weighted by molar-refractivity contribution is 7.15. The third kappa shape index (κ3) is 3.37. The highest BCUT2D eigenvalue weighted by Crippen LogP contribution is 2.08. The average molecular weight is 343 g/mol. The van der Waals surface area contributed by atoms with Gasteiger partial charge in [-0.05, 0) is 12.5 Å². The summed E-state index contributed by atoms with van der Waals surface area (Å²) in [5.74, 6) is -0.535. The number of nitrogens with zero attached hydrogens (tertiary/aromatic N) is 2. The van der Waals surface area contributed by atoms with Gasteiger partial charge in [-0.25, -0.2) is 4.98 Å². The van der Waals surface area contributed by atoms with Gasteiger partial charge in [-0.3, -0.25) is 14.0 Å². The third-order valence-electron chi connectivity index (χ3n) is 3.81. The topological polar surface area (TPSA) is 83.7 Å². The molecule has 2 atom stereocenters. The number of aliphatic hydroxyl groups excluding tert-OH is 1. The van der Waals surface area contributed by atoms with Crippen LogP contribution in [0.3, 0.4) is 0 Å². The molecule has 24 heavy (non-hydrogen) atoms. The van der Waals surface area contributed by atoms with E-state index in [0.29, 0.717) is 11.4 Å². The summed E-state index contributed by atoms with van der Waals surface area (Å²) < 4.78 is 1.34. The fourth-order valence-electron chi connectivity index (χ4n) is 2.39. The van der Waals surface area contributed by atoms with Crippen LogP contribution in [0.5, 0.6) is 0 Å². The van der Waals surface area contributed by atoms with Crippen LogP contribution in [0.15, 0.2) is 52.9 Å². The van der Waals surface area contributed by atoms with E-state index >= 15 is 0 Å². The lowest BCUT2D eigenvalue weighted by atomic mass is 10.0. The van der Waals surface area contributed by atoms with Gasteiger partial charge in [0.15, 0.2) is 4.96 Å². The van der Waals surface area contributed by atoms with Crippen LogP contribution in [0.25, 0.3) is 4.96 Å². The number of amides is 1. The fourth-order valence-corrected chi connectivity index (χ4v) is 3.07. The molecule has 0 saturated carbocycles. The number of nitrogens with one attached hydrogen (secondary N) is 1. The van der Waals surface area contributed by atoms with E-state index in [4.69, 9.17) is 0 Å². The third-order valence-corrected chi connectivity index (χ3v) is 4.58. The highest BCUT2D eigenvalue weighted by Gasteiger charge is 2.20. The second-order valence-electron chi connectivity index (χ2n) is 5.55. The molecule has 6 nitrogen and oxygen atoms in total. The van der Waals surface area contributed by atoms with Gasteiger partial charge < -0.3 is 10.4 Å². The first-order valence-corrected chi connectivity index (χ1v) is 8.42. The molecule has 7 heteroatoms. The number of hydrogen-bond acceptors (Lipinski definition) is 5. The van der Waals surface area contributed by atoms with E-state index in [-0.39, 0.29) is 5.56 Å². The van der Waals surface area contributed by atoms with Crippen LogP contribution in [0.4, 0.5) is 0 Å². The normalized spacial score (nSPS) is 13.6. The van der Waals surface area contributed by atoms with Crippen molar-refractivity contribution in [3.05, 3.63) is 69.6 Å². The zero-order valence-electron chi connectivity index (χ0n) is 13.0. The number of rotatable bonds is 5. The van der Waals surface area contributed by atoms with Crippen molar-refractivity contribution in [1.82, 2.24) is 14.7 Å². The molecule has 0 fully saturated rings. The Morgan fingerprint density at radius 1 is 1.38 bits per heavy atom. The average Bonchev–Trinajstić information content (AvgIpc) is 3.05. The summed E-state index contributed by atoms with van der Waals surface area (Å²) in [6.07, 6.45) is 2.53. The van der Waals surface area contributed by atoms with Crippen molar-refractivity contribution in [3.63, 3.8) is 0 Å². The highest BCUT2D eigenvalue weighted by atomic mass is 32.1. The van der Waals surface area contributed by atoms with E-state index in [1.165, 1.54) is 21.9 Å². The van der Waals surface area contributed by atoms with Crippen LogP contribution in [0.2, 0.25) is 0 Å². The Kier molecular flexibility index (Phi) is 4.73. The Hall–Kier alpha value is -2.51. The van der Waals surface area contributed by atoms with Gasteiger partial charge in [0.05, 0.1) is 12.1 Å². The number of hydrogen-bond donors (Lipinski definition) is 2. The summed E-state index contributed by atoms with van der Waals surface area (Å²) in [5, 5.41) is 14.7. The minimum atomic E-state index is -0.753. The molecule has 3 aromatic rings. The smallest absolute Gasteiger partial charge is 0.271 e. The number of benzene rings is 1. The molecule has 0 radical (unpaired) electrons. The molecule has 0 spiro atoms. The Morgan fingerprint density at radius 2 is 2.12 bits per heavy atom. The van der Waals surface area contributed by atoms with Crippen LogP contribution >= 0.6 is 11.3 Å². The lowest BCUT2D eigenvalue weighted by Crippen LogP contribution is -2.43. The summed E-state index contributed by atoms with van der Waals surface area (Å²) in [7, 11) is 0. The van der Waals surface area contributed by atoms with E-state index in [0.717, 1.165) is 5.56 Å². The summed E-state index contributed by atoms with van der Waals surface area (Å²) in [4.78, 5) is 29.2. The largest absolute Gasteiger partial charge is 0.391 e. The minimum Gasteiger partial charge on any atom is -0.391 e. The quantitative estimate of drug-likeness (QED) is 0.735. The number of aromatic nitrogens is 2. The monoisotopic (exact) mass is 343 g/mol. The molecule has 0 aliphatic heterocycles. The predicted octanol–water partition coefficient (Wildman–Crippen LogP) is 1.48. The first-order valence-electron chi connectivity index (χ1n) is 7.54. The second-order valence-corrected chi connectivity index (χ2v) is 6.42. The number of aliphatic hydroxyl groups is 1. The Balaban J connectivity index is 1.71. The van der Waals surface area contributed by atoms with E-state index < -0.39 is 23.6 Å². The summed E-state index contributed by atoms with van der Waals surface area (Å²) in [6.45, 7) is 1.71. The van der Waals surface area contributed by atoms with Crippen LogP contribution < -0.4 is 10.9 Å². The predicted molar refractivity (Wildman–Crippen MR) is 92.4 cm³/mol. The maximum absolute atomic E-state index is 12.3. The first kappa shape index (κ1) is 16.4. The molecule has 0 aliphatic rings. The zero-order chi connectivity index (χ0) is 17.1. The van der Waals surface area contributed by atoms with Gasteiger partial charge in [-0.1, -0.05) is 30.3 Å². The van der Waals surface area contributed by atoms with E-state index in [2.05, 4.69) is 10.3 Å². The number of fused-ring (bicyclic) bond motifs is 1. The summed E-state index contributed by atoms with van der Waals surface area (Å²) in [5.41, 5.74) is 0.528. The van der Waals surface area contributed by atoms with E-state index in [1.807, 2.05) is 30.3 Å². The van der Waals surface area contributed by atoms with Crippen LogP contribution in [-0.2, 0) is 6.42 Å². The van der Waals surface area contributed by atoms with Crippen molar-refractivity contribution in [2.75, 3.05) is 0 Å². The maximum Gasteiger partial charge on any atom is 0.271 e. The number of carbonyl (C=O) groups is 1. The molecule has 2 heterocycles. The molecule has 0 saturated heterocycles. The molecule has 124 valence electrons. The molecule has 3 rings (SSSR count). The zero-order valence-corrected chi connectivity index (χ0v) is 13.9. The Labute approximate surface area is 142 Å². The van der Waals surface area contributed by atoms with Crippen molar-refractivity contribution in [3.8, 4) is 0 Å².